The summed E-state index contributed by atoms with van der Waals surface area (Å²) in [6.45, 7) is 20.5. The van der Waals surface area contributed by atoms with Crippen molar-refractivity contribution in [3.05, 3.63) is 88.9 Å². The first-order valence-corrected chi connectivity index (χ1v) is 16.6. The standard InChI is InChI=1S/C35H53N3S/c1-11-27(4)30(7)37(8)35(24-29(6)34-15-13-12-14-28(34)5)36-25-31-20-22-38(23-21-31)39(9,10)33-18-16-32(17-19-33)26(2)3/h11-12,14,16-19,24,26,29,31,36H,1,9-10,13,15,20-23,25H2,2-8H3/b30-27-,35-24-. The molecule has 0 radical (unpaired) electrons. The van der Waals surface area contributed by atoms with Crippen LogP contribution in [0.1, 0.15) is 78.7 Å². The quantitative estimate of drug-likeness (QED) is 0.221. The molecule has 0 bridgehead atoms. The van der Waals surface area contributed by atoms with Gasteiger partial charge in [-0.05, 0) is 93.6 Å². The predicted molar refractivity (Wildman–Crippen MR) is 178 cm³/mol. The molecule has 1 aromatic carbocycles. The van der Waals surface area contributed by atoms with Crippen LogP contribution >= 0.6 is 9.39 Å². The molecule has 2 aliphatic rings. The Morgan fingerprint density at radius 1 is 1.13 bits per heavy atom. The van der Waals surface area contributed by atoms with E-state index in [9.17, 15) is 0 Å². The van der Waals surface area contributed by atoms with Crippen LogP contribution in [0.5, 0.6) is 0 Å². The first-order chi connectivity index (χ1) is 18.4. The molecule has 0 saturated carbocycles. The van der Waals surface area contributed by atoms with E-state index in [4.69, 9.17) is 0 Å². The summed E-state index contributed by atoms with van der Waals surface area (Å²) < 4.78 is 2.55. The molecule has 3 nitrogen and oxygen atoms in total. The Bertz CT molecular complexity index is 1220. The van der Waals surface area contributed by atoms with Crippen molar-refractivity contribution in [2.75, 3.05) is 26.7 Å². The Kier molecular flexibility index (Phi) is 11.0. The highest BCUT2D eigenvalue weighted by Gasteiger charge is 2.24. The molecule has 3 rings (SSSR count). The van der Waals surface area contributed by atoms with Gasteiger partial charge in [0.15, 0.2) is 0 Å². The molecule has 214 valence electrons. The summed E-state index contributed by atoms with van der Waals surface area (Å²) in [5.74, 6) is 12.0. The van der Waals surface area contributed by atoms with Crippen LogP contribution < -0.4 is 5.32 Å². The number of nitrogens with one attached hydrogen (secondary N) is 1. The maximum Gasteiger partial charge on any atom is 0.102 e. The molecule has 1 aliphatic carbocycles. The van der Waals surface area contributed by atoms with E-state index >= 15 is 0 Å². The lowest BCUT2D eigenvalue weighted by Gasteiger charge is -2.38. The van der Waals surface area contributed by atoms with E-state index in [0.717, 1.165) is 32.5 Å². The molecular formula is C35H53N3S. The SMILES string of the molecule is C=C/C(C)=C(/C)N(C)/C(=C\C(C)C1=C(C)C=CCC1)NCC1CCN(S(=C)(=C)c2ccc(C(C)C)cc2)CC1. The molecule has 39 heavy (non-hydrogen) atoms. The van der Waals surface area contributed by atoms with Gasteiger partial charge in [0.1, 0.15) is 5.82 Å². The number of piperidine rings is 1. The monoisotopic (exact) mass is 547 g/mol. The fraction of sp³-hybridized carbons (Fsp3) is 0.486. The number of hydrogen-bond acceptors (Lipinski definition) is 3. The van der Waals surface area contributed by atoms with Gasteiger partial charge in [0.25, 0.3) is 0 Å². The molecule has 1 fully saturated rings. The van der Waals surface area contributed by atoms with Gasteiger partial charge < -0.3 is 10.2 Å². The van der Waals surface area contributed by atoms with Gasteiger partial charge in [-0.3, -0.25) is 4.31 Å². The van der Waals surface area contributed by atoms with Crippen molar-refractivity contribution in [3.8, 4) is 0 Å². The lowest BCUT2D eigenvalue weighted by molar-refractivity contribution is 0.281. The average molecular weight is 548 g/mol. The third kappa shape index (κ3) is 7.83. The maximum absolute atomic E-state index is 4.63. The van der Waals surface area contributed by atoms with Crippen molar-refractivity contribution in [3.63, 3.8) is 0 Å². The van der Waals surface area contributed by atoms with E-state index < -0.39 is 9.39 Å². The molecule has 0 amide bonds. The summed E-state index contributed by atoms with van der Waals surface area (Å²) >= 11 is 0. The summed E-state index contributed by atoms with van der Waals surface area (Å²) in [5, 5.41) is 3.87. The topological polar surface area (TPSA) is 18.5 Å². The minimum Gasteiger partial charge on any atom is -0.371 e. The van der Waals surface area contributed by atoms with Gasteiger partial charge in [0, 0.05) is 37.3 Å². The van der Waals surface area contributed by atoms with Crippen LogP contribution in [0.25, 0.3) is 0 Å². The van der Waals surface area contributed by atoms with Crippen molar-refractivity contribution in [1.29, 1.82) is 0 Å². The van der Waals surface area contributed by atoms with Crippen molar-refractivity contribution in [2.45, 2.75) is 78.0 Å². The normalized spacial score (nSPS) is 19.2. The molecule has 1 heterocycles. The average Bonchev–Trinajstić information content (AvgIpc) is 2.94. The third-order valence-electron chi connectivity index (χ3n) is 8.78. The minimum atomic E-state index is -1.46. The summed E-state index contributed by atoms with van der Waals surface area (Å²) in [5.41, 5.74) is 6.77. The molecule has 0 spiro atoms. The van der Waals surface area contributed by atoms with Crippen molar-refractivity contribution < 1.29 is 0 Å². The van der Waals surface area contributed by atoms with Gasteiger partial charge in [-0.15, -0.1) is 9.39 Å². The van der Waals surface area contributed by atoms with Crippen LogP contribution in [0.4, 0.5) is 0 Å². The highest BCUT2D eigenvalue weighted by molar-refractivity contribution is 8.25. The fourth-order valence-corrected chi connectivity index (χ4v) is 7.43. The van der Waals surface area contributed by atoms with Gasteiger partial charge in [0.2, 0.25) is 0 Å². The highest BCUT2D eigenvalue weighted by Crippen LogP contribution is 2.39. The Morgan fingerprint density at radius 3 is 2.33 bits per heavy atom. The number of benzene rings is 1. The predicted octanol–water partition coefficient (Wildman–Crippen LogP) is 8.61. The van der Waals surface area contributed by atoms with Crippen molar-refractivity contribution in [1.82, 2.24) is 14.5 Å². The molecular weight excluding hydrogens is 494 g/mol. The Hall–Kier alpha value is -2.43. The van der Waals surface area contributed by atoms with Gasteiger partial charge in [-0.2, -0.15) is 0 Å². The summed E-state index contributed by atoms with van der Waals surface area (Å²) in [7, 11) is 0.710. The van der Waals surface area contributed by atoms with E-state index in [1.54, 1.807) is 5.57 Å². The van der Waals surface area contributed by atoms with E-state index in [2.05, 4.69) is 124 Å². The molecule has 1 aliphatic heterocycles. The summed E-state index contributed by atoms with van der Waals surface area (Å²) in [6, 6.07) is 9.02. The van der Waals surface area contributed by atoms with Crippen LogP contribution in [0.2, 0.25) is 0 Å². The van der Waals surface area contributed by atoms with E-state index in [0.29, 0.717) is 17.8 Å². The second kappa shape index (κ2) is 13.8. The van der Waals surface area contributed by atoms with Crippen molar-refractivity contribution >= 4 is 21.1 Å². The zero-order valence-corrected chi connectivity index (χ0v) is 26.5. The van der Waals surface area contributed by atoms with E-state index in [-0.39, 0.29) is 0 Å². The molecule has 1 N–H and O–H groups in total. The lowest BCUT2D eigenvalue weighted by atomic mass is 9.88. The third-order valence-corrected chi connectivity index (χ3v) is 11.3. The minimum absolute atomic E-state index is 0.391. The van der Waals surface area contributed by atoms with Crippen LogP contribution in [0.3, 0.4) is 0 Å². The van der Waals surface area contributed by atoms with Crippen LogP contribution in [-0.2, 0) is 0 Å². The Labute approximate surface area is 240 Å². The molecule has 0 aromatic heterocycles. The zero-order chi connectivity index (χ0) is 28.7. The number of nitrogens with zero attached hydrogens (tertiary/aromatic N) is 2. The van der Waals surface area contributed by atoms with Crippen LogP contribution in [-0.4, -0.2) is 47.6 Å². The van der Waals surface area contributed by atoms with Crippen molar-refractivity contribution in [2.24, 2.45) is 11.8 Å². The molecule has 1 unspecified atom stereocenters. The molecule has 1 saturated heterocycles. The van der Waals surface area contributed by atoms with Gasteiger partial charge in [0.05, 0.1) is 0 Å². The first kappa shape index (κ1) is 31.1. The van der Waals surface area contributed by atoms with Crippen LogP contribution in [0, 0.1) is 11.8 Å². The molecule has 1 atom stereocenters. The van der Waals surface area contributed by atoms with Gasteiger partial charge in [-0.25, -0.2) is 0 Å². The van der Waals surface area contributed by atoms with Crippen LogP contribution in [0.15, 0.2) is 88.3 Å². The van der Waals surface area contributed by atoms with Gasteiger partial charge in [-0.1, -0.05) is 80.6 Å². The molecule has 1 aromatic rings. The van der Waals surface area contributed by atoms with Gasteiger partial charge >= 0.3 is 0 Å². The maximum atomic E-state index is 4.63. The summed E-state index contributed by atoms with van der Waals surface area (Å²) in [6.07, 6.45) is 13.6. The fourth-order valence-electron chi connectivity index (χ4n) is 5.58. The second-order valence-corrected chi connectivity index (χ2v) is 14.5. The second-order valence-electron chi connectivity index (χ2n) is 11.8. The Balaban J connectivity index is 1.69. The smallest absolute Gasteiger partial charge is 0.102 e. The van der Waals surface area contributed by atoms with E-state index in [1.165, 1.54) is 46.0 Å². The number of allylic oxidation sites excluding steroid dienone is 8. The van der Waals surface area contributed by atoms with E-state index in [1.807, 2.05) is 6.08 Å². The Morgan fingerprint density at radius 2 is 1.77 bits per heavy atom. The number of hydrogen-bond donors (Lipinski definition) is 1. The summed E-state index contributed by atoms with van der Waals surface area (Å²) in [4.78, 5) is 3.59. The molecule has 4 heteroatoms. The largest absolute Gasteiger partial charge is 0.371 e. The first-order valence-electron chi connectivity index (χ1n) is 14.7. The number of rotatable bonds is 11. The highest BCUT2D eigenvalue weighted by atomic mass is 32.2. The lowest BCUT2D eigenvalue weighted by Crippen LogP contribution is -2.37. The zero-order valence-electron chi connectivity index (χ0n) is 25.7.